The Morgan fingerprint density at radius 3 is 1.43 bits per heavy atom. The van der Waals surface area contributed by atoms with Gasteiger partial charge in [0, 0.05) is 39.0 Å². The Labute approximate surface area is 273 Å². The molecule has 4 heteroatoms. The molecule has 0 unspecified atom stereocenters. The van der Waals surface area contributed by atoms with E-state index in [9.17, 15) is 19.2 Å². The molecule has 46 heavy (non-hydrogen) atoms. The van der Waals surface area contributed by atoms with Crippen LogP contribution >= 0.6 is 0 Å². The van der Waals surface area contributed by atoms with E-state index in [0.29, 0.717) is 22.3 Å². The third-order valence-electron chi connectivity index (χ3n) is 7.33. The molecule has 0 aliphatic rings. The standard InChI is InChI=1S/C42H42O4/c1-11-32(40(44)34-17-27(6)14-28(7)18-34)21-33(12-2)41(45)37-22-36(39(43)31(10)16-26(5)13-25(3)4)23-38(24-37)42(46)35-19-29(8)15-30(9)20-35/h11-24H,2-3H2,1,4-10H3/b26-13-,31-16+,32-11+,33-21+. The van der Waals surface area contributed by atoms with Crippen LogP contribution in [0.15, 0.2) is 126 Å². The lowest BCUT2D eigenvalue weighted by atomic mass is 9.90. The van der Waals surface area contributed by atoms with Gasteiger partial charge in [-0.2, -0.15) is 0 Å². The Balaban J connectivity index is 2.17. The summed E-state index contributed by atoms with van der Waals surface area (Å²) in [6, 6.07) is 15.7. The molecule has 0 aliphatic heterocycles. The van der Waals surface area contributed by atoms with Crippen LogP contribution < -0.4 is 0 Å². The SMILES string of the molecule is C=C/C(=C\C(=C/C)C(=O)c1cc(C)cc(C)c1)C(=O)c1cc(C(=O)/C(C)=C/C(C)=C\C(=C)C)cc(C(=O)c2cc(C)cc(C)c2)c1. The molecule has 0 fully saturated rings. The molecular formula is C42H42O4. The average Bonchev–Trinajstić information content (AvgIpc) is 2.98. The lowest BCUT2D eigenvalue weighted by Crippen LogP contribution is -2.12. The van der Waals surface area contributed by atoms with Gasteiger partial charge >= 0.3 is 0 Å². The summed E-state index contributed by atoms with van der Waals surface area (Å²) in [5.74, 6) is -1.32. The second-order valence-corrected chi connectivity index (χ2v) is 12.0. The number of aryl methyl sites for hydroxylation is 4. The van der Waals surface area contributed by atoms with E-state index in [2.05, 4.69) is 13.2 Å². The summed E-state index contributed by atoms with van der Waals surface area (Å²) in [5, 5.41) is 0. The fourth-order valence-corrected chi connectivity index (χ4v) is 5.46. The minimum absolute atomic E-state index is 0.140. The van der Waals surface area contributed by atoms with E-state index in [0.717, 1.165) is 33.4 Å². The maximum Gasteiger partial charge on any atom is 0.193 e. The van der Waals surface area contributed by atoms with Crippen molar-refractivity contribution >= 4 is 23.1 Å². The summed E-state index contributed by atoms with van der Waals surface area (Å²) < 4.78 is 0. The highest BCUT2D eigenvalue weighted by molar-refractivity contribution is 6.19. The second-order valence-electron chi connectivity index (χ2n) is 12.0. The molecule has 234 valence electrons. The van der Waals surface area contributed by atoms with Gasteiger partial charge in [-0.25, -0.2) is 0 Å². The van der Waals surface area contributed by atoms with E-state index >= 15 is 0 Å². The minimum Gasteiger partial charge on any atom is -0.289 e. The zero-order valence-electron chi connectivity index (χ0n) is 28.1. The Morgan fingerprint density at radius 2 is 0.957 bits per heavy atom. The molecule has 3 rings (SSSR count). The maximum absolute atomic E-state index is 14.0. The molecule has 0 N–H and O–H groups in total. The topological polar surface area (TPSA) is 68.3 Å². The molecule has 0 aliphatic carbocycles. The Hall–Kier alpha value is -5.22. The zero-order chi connectivity index (χ0) is 34.3. The molecule has 0 heterocycles. The van der Waals surface area contributed by atoms with Gasteiger partial charge in [-0.15, -0.1) is 0 Å². The van der Waals surface area contributed by atoms with E-state index in [4.69, 9.17) is 0 Å². The minimum atomic E-state index is -0.466. The molecular weight excluding hydrogens is 568 g/mol. The third-order valence-corrected chi connectivity index (χ3v) is 7.33. The first kappa shape index (κ1) is 35.3. The van der Waals surface area contributed by atoms with Crippen LogP contribution in [0.3, 0.4) is 0 Å². The van der Waals surface area contributed by atoms with E-state index in [1.807, 2.05) is 71.9 Å². The molecule has 0 aromatic heterocycles. The highest BCUT2D eigenvalue weighted by Gasteiger charge is 2.21. The normalized spacial score (nSPS) is 12.5. The monoisotopic (exact) mass is 610 g/mol. The number of benzene rings is 3. The van der Waals surface area contributed by atoms with Crippen LogP contribution in [0.1, 0.15) is 96.9 Å². The summed E-state index contributed by atoms with van der Waals surface area (Å²) in [4.78, 5) is 55.0. The predicted molar refractivity (Wildman–Crippen MR) is 189 cm³/mol. The van der Waals surface area contributed by atoms with Crippen LogP contribution in [0.2, 0.25) is 0 Å². The van der Waals surface area contributed by atoms with Crippen molar-refractivity contribution in [1.29, 1.82) is 0 Å². The van der Waals surface area contributed by atoms with E-state index in [-0.39, 0.29) is 39.6 Å². The van der Waals surface area contributed by atoms with E-state index in [1.54, 1.807) is 38.1 Å². The molecule has 0 bridgehead atoms. The highest BCUT2D eigenvalue weighted by atomic mass is 16.1. The Morgan fingerprint density at radius 1 is 0.543 bits per heavy atom. The Kier molecular flexibility index (Phi) is 11.6. The molecule has 0 amide bonds. The number of hydrogen-bond acceptors (Lipinski definition) is 4. The molecule has 3 aromatic rings. The van der Waals surface area contributed by atoms with Crippen molar-refractivity contribution < 1.29 is 19.2 Å². The van der Waals surface area contributed by atoms with Gasteiger partial charge in [0.2, 0.25) is 0 Å². The van der Waals surface area contributed by atoms with Crippen molar-refractivity contribution in [2.45, 2.75) is 55.4 Å². The average molecular weight is 611 g/mol. The summed E-state index contributed by atoms with van der Waals surface area (Å²) in [7, 11) is 0. The molecule has 0 saturated carbocycles. The van der Waals surface area contributed by atoms with E-state index in [1.165, 1.54) is 30.4 Å². The second kappa shape index (κ2) is 15.2. The van der Waals surface area contributed by atoms with Crippen molar-refractivity contribution in [1.82, 2.24) is 0 Å². The number of carbonyl (C=O) groups is 4. The number of Topliss-reactive ketones (excluding diaryl/α,β-unsaturated/α-hetero) is 3. The number of allylic oxidation sites excluding steroid dienone is 10. The van der Waals surface area contributed by atoms with E-state index < -0.39 is 5.78 Å². The predicted octanol–water partition coefficient (Wildman–Crippen LogP) is 9.93. The van der Waals surface area contributed by atoms with Crippen LogP contribution in [-0.2, 0) is 0 Å². The summed E-state index contributed by atoms with van der Waals surface area (Å²) in [6.07, 6.45) is 8.17. The van der Waals surface area contributed by atoms with Crippen LogP contribution in [0.5, 0.6) is 0 Å². The summed E-state index contributed by atoms with van der Waals surface area (Å²) in [6.45, 7) is 22.6. The van der Waals surface area contributed by atoms with Crippen molar-refractivity contribution in [3.63, 3.8) is 0 Å². The van der Waals surface area contributed by atoms with Crippen molar-refractivity contribution in [3.05, 3.63) is 176 Å². The first-order valence-corrected chi connectivity index (χ1v) is 15.2. The number of hydrogen-bond donors (Lipinski definition) is 0. The van der Waals surface area contributed by atoms with Gasteiger partial charge in [0.25, 0.3) is 0 Å². The van der Waals surface area contributed by atoms with Gasteiger partial charge in [-0.3, -0.25) is 19.2 Å². The summed E-state index contributed by atoms with van der Waals surface area (Å²) in [5.41, 5.74) is 7.93. The van der Waals surface area contributed by atoms with Crippen LogP contribution in [-0.4, -0.2) is 23.1 Å². The quantitative estimate of drug-likeness (QED) is 0.116. The number of carbonyl (C=O) groups excluding carboxylic acids is 4. The van der Waals surface area contributed by atoms with Gasteiger partial charge < -0.3 is 0 Å². The molecule has 0 atom stereocenters. The molecule has 3 aromatic carbocycles. The zero-order valence-corrected chi connectivity index (χ0v) is 28.1. The van der Waals surface area contributed by atoms with Gasteiger partial charge in [0.05, 0.1) is 0 Å². The lowest BCUT2D eigenvalue weighted by molar-refractivity contribution is 0.102. The first-order valence-electron chi connectivity index (χ1n) is 15.2. The maximum atomic E-state index is 14.0. The first-order chi connectivity index (χ1) is 21.6. The molecule has 4 nitrogen and oxygen atoms in total. The van der Waals surface area contributed by atoms with Crippen LogP contribution in [0, 0.1) is 27.7 Å². The van der Waals surface area contributed by atoms with Crippen molar-refractivity contribution in [3.8, 4) is 0 Å². The fraction of sp³-hybridized carbons (Fsp3) is 0.190. The number of ketones is 4. The van der Waals surface area contributed by atoms with Gasteiger partial charge in [-0.1, -0.05) is 83.0 Å². The van der Waals surface area contributed by atoms with Gasteiger partial charge in [0.1, 0.15) is 0 Å². The van der Waals surface area contributed by atoms with Crippen LogP contribution in [0.4, 0.5) is 0 Å². The number of rotatable bonds is 12. The van der Waals surface area contributed by atoms with Crippen LogP contribution in [0.25, 0.3) is 0 Å². The lowest BCUT2D eigenvalue weighted by Gasteiger charge is -2.11. The smallest absolute Gasteiger partial charge is 0.193 e. The summed E-state index contributed by atoms with van der Waals surface area (Å²) >= 11 is 0. The van der Waals surface area contributed by atoms with Crippen molar-refractivity contribution in [2.24, 2.45) is 0 Å². The van der Waals surface area contributed by atoms with Gasteiger partial charge in [0.15, 0.2) is 23.1 Å². The van der Waals surface area contributed by atoms with Crippen molar-refractivity contribution in [2.75, 3.05) is 0 Å². The fourth-order valence-electron chi connectivity index (χ4n) is 5.46. The highest BCUT2D eigenvalue weighted by Crippen LogP contribution is 2.23. The van der Waals surface area contributed by atoms with Gasteiger partial charge in [-0.05, 0) is 110 Å². The third kappa shape index (κ3) is 8.92. The molecule has 0 spiro atoms. The molecule has 0 saturated heterocycles. The Bertz CT molecular complexity index is 1860. The molecule has 0 radical (unpaired) electrons. The largest absolute Gasteiger partial charge is 0.289 e.